The fraction of sp³-hybridized carbons (Fsp3) is 0.875. The molecule has 14 heavy (non-hydrogen) atoms. The zero-order valence-electron chi connectivity index (χ0n) is 8.60. The van der Waals surface area contributed by atoms with Gasteiger partial charge in [-0.2, -0.15) is 0 Å². The molecule has 0 bridgehead atoms. The summed E-state index contributed by atoms with van der Waals surface area (Å²) in [5, 5.41) is 8.31. The minimum absolute atomic E-state index is 0.397. The van der Waals surface area contributed by atoms with Crippen molar-refractivity contribution in [3.05, 3.63) is 0 Å². The van der Waals surface area contributed by atoms with Crippen molar-refractivity contribution in [3.63, 3.8) is 0 Å². The molecular weight excluding hydrogens is 190 g/mol. The third-order valence-corrected chi connectivity index (χ3v) is 1.23. The summed E-state index contributed by atoms with van der Waals surface area (Å²) in [6.45, 7) is 4.52. The first kappa shape index (κ1) is 13.3. The molecule has 0 aromatic rings. The van der Waals surface area contributed by atoms with Crippen LogP contribution in [0.3, 0.4) is 0 Å². The standard InChI is InChI=1S/C8H17NO5/c1-5(9)13-7(3)14-6(2)12-4-8(10)11/h5-7H,4,9H2,1-3H3,(H,10,11). The fourth-order valence-electron chi connectivity index (χ4n) is 0.832. The molecule has 0 aliphatic carbocycles. The van der Waals surface area contributed by atoms with Crippen molar-refractivity contribution in [2.24, 2.45) is 5.73 Å². The quantitative estimate of drug-likeness (QED) is 0.576. The monoisotopic (exact) mass is 207 g/mol. The minimum Gasteiger partial charge on any atom is -0.480 e. The van der Waals surface area contributed by atoms with E-state index in [-0.39, 0.29) is 0 Å². The average molecular weight is 207 g/mol. The molecular formula is C8H17NO5. The van der Waals surface area contributed by atoms with Gasteiger partial charge in [0, 0.05) is 0 Å². The molecule has 0 saturated heterocycles. The van der Waals surface area contributed by atoms with Crippen LogP contribution < -0.4 is 5.73 Å². The highest BCUT2D eigenvalue weighted by molar-refractivity contribution is 5.67. The number of rotatable bonds is 7. The zero-order valence-corrected chi connectivity index (χ0v) is 8.60. The van der Waals surface area contributed by atoms with Gasteiger partial charge in [0.2, 0.25) is 0 Å². The number of carbonyl (C=O) groups is 1. The molecule has 6 heteroatoms. The van der Waals surface area contributed by atoms with Crippen molar-refractivity contribution in [2.75, 3.05) is 6.61 Å². The second-order valence-corrected chi connectivity index (χ2v) is 2.82. The van der Waals surface area contributed by atoms with Gasteiger partial charge in [0.15, 0.2) is 12.6 Å². The van der Waals surface area contributed by atoms with E-state index in [1.54, 1.807) is 20.8 Å². The Morgan fingerprint density at radius 1 is 1.29 bits per heavy atom. The summed E-state index contributed by atoms with van der Waals surface area (Å²) in [7, 11) is 0. The number of carboxylic acid groups (broad SMARTS) is 1. The minimum atomic E-state index is -1.04. The number of ether oxygens (including phenoxy) is 3. The lowest BCUT2D eigenvalue weighted by Gasteiger charge is -2.20. The van der Waals surface area contributed by atoms with Gasteiger partial charge in [0.1, 0.15) is 12.8 Å². The van der Waals surface area contributed by atoms with Crippen LogP contribution in [0.2, 0.25) is 0 Å². The van der Waals surface area contributed by atoms with Crippen LogP contribution in [0.5, 0.6) is 0 Å². The molecule has 3 N–H and O–H groups in total. The number of hydrogen-bond acceptors (Lipinski definition) is 5. The maximum atomic E-state index is 10.1. The molecule has 0 aliphatic heterocycles. The molecule has 0 amide bonds. The predicted molar refractivity (Wildman–Crippen MR) is 48.3 cm³/mol. The first-order valence-electron chi connectivity index (χ1n) is 4.31. The van der Waals surface area contributed by atoms with Gasteiger partial charge in [0.05, 0.1) is 0 Å². The van der Waals surface area contributed by atoms with Gasteiger partial charge < -0.3 is 25.1 Å². The maximum absolute atomic E-state index is 10.1. The zero-order chi connectivity index (χ0) is 11.1. The van der Waals surface area contributed by atoms with Crippen LogP contribution in [0, 0.1) is 0 Å². The van der Waals surface area contributed by atoms with Gasteiger partial charge >= 0.3 is 5.97 Å². The van der Waals surface area contributed by atoms with Crippen molar-refractivity contribution < 1.29 is 24.1 Å². The van der Waals surface area contributed by atoms with Crippen molar-refractivity contribution in [2.45, 2.75) is 39.6 Å². The molecule has 0 saturated carbocycles. The van der Waals surface area contributed by atoms with Crippen LogP contribution >= 0.6 is 0 Å². The number of nitrogens with two attached hydrogens (primary N) is 1. The number of aliphatic carboxylic acids is 1. The normalized spacial score (nSPS) is 17.4. The van der Waals surface area contributed by atoms with Crippen LogP contribution in [0.1, 0.15) is 20.8 Å². The van der Waals surface area contributed by atoms with E-state index in [1.165, 1.54) is 0 Å². The molecule has 84 valence electrons. The summed E-state index contributed by atoms with van der Waals surface area (Å²) >= 11 is 0. The fourth-order valence-corrected chi connectivity index (χ4v) is 0.832. The van der Waals surface area contributed by atoms with E-state index in [2.05, 4.69) is 0 Å². The second-order valence-electron chi connectivity index (χ2n) is 2.82. The van der Waals surface area contributed by atoms with Gasteiger partial charge in [-0.3, -0.25) is 0 Å². The highest BCUT2D eigenvalue weighted by Gasteiger charge is 2.11. The molecule has 0 spiro atoms. The van der Waals surface area contributed by atoms with E-state index in [4.69, 9.17) is 25.1 Å². The summed E-state index contributed by atoms with van der Waals surface area (Å²) in [6, 6.07) is 0. The van der Waals surface area contributed by atoms with Gasteiger partial charge in [-0.05, 0) is 20.8 Å². The molecule has 0 heterocycles. The first-order valence-corrected chi connectivity index (χ1v) is 4.31. The van der Waals surface area contributed by atoms with Crippen molar-refractivity contribution in [1.82, 2.24) is 0 Å². The third kappa shape index (κ3) is 7.93. The summed E-state index contributed by atoms with van der Waals surface area (Å²) in [6.07, 6.45) is -1.60. The first-order chi connectivity index (χ1) is 6.41. The van der Waals surface area contributed by atoms with Crippen LogP contribution in [0.25, 0.3) is 0 Å². The molecule has 3 atom stereocenters. The van der Waals surface area contributed by atoms with E-state index in [1.807, 2.05) is 0 Å². The molecule has 0 aromatic heterocycles. The Kier molecular flexibility index (Phi) is 6.39. The Bertz CT molecular complexity index is 173. The van der Waals surface area contributed by atoms with Gasteiger partial charge in [0.25, 0.3) is 0 Å². The van der Waals surface area contributed by atoms with Gasteiger partial charge in [-0.1, -0.05) is 0 Å². The number of carboxylic acids is 1. The maximum Gasteiger partial charge on any atom is 0.329 e. The van der Waals surface area contributed by atoms with Crippen molar-refractivity contribution >= 4 is 5.97 Å². The summed E-state index contributed by atoms with van der Waals surface area (Å²) < 4.78 is 15.0. The smallest absolute Gasteiger partial charge is 0.329 e. The Balaban J connectivity index is 3.59. The van der Waals surface area contributed by atoms with E-state index < -0.39 is 31.4 Å². The summed E-state index contributed by atoms with van der Waals surface area (Å²) in [4.78, 5) is 10.1. The summed E-state index contributed by atoms with van der Waals surface area (Å²) in [5.74, 6) is -1.04. The van der Waals surface area contributed by atoms with Crippen molar-refractivity contribution in [3.8, 4) is 0 Å². The molecule has 0 aliphatic rings. The van der Waals surface area contributed by atoms with E-state index >= 15 is 0 Å². The SMILES string of the molecule is CC(N)OC(C)OC(C)OCC(=O)O. The van der Waals surface area contributed by atoms with Crippen molar-refractivity contribution in [1.29, 1.82) is 0 Å². The number of hydrogen-bond donors (Lipinski definition) is 2. The largest absolute Gasteiger partial charge is 0.480 e. The Morgan fingerprint density at radius 3 is 2.29 bits per heavy atom. The molecule has 0 rings (SSSR count). The lowest BCUT2D eigenvalue weighted by Crippen LogP contribution is -2.30. The lowest BCUT2D eigenvalue weighted by atomic mass is 10.6. The van der Waals surface area contributed by atoms with Gasteiger partial charge in [-0.25, -0.2) is 4.79 Å². The Morgan fingerprint density at radius 2 is 1.86 bits per heavy atom. The van der Waals surface area contributed by atoms with E-state index in [0.29, 0.717) is 0 Å². The van der Waals surface area contributed by atoms with Crippen LogP contribution in [-0.4, -0.2) is 36.5 Å². The predicted octanol–water partition coefficient (Wildman–Crippen LogP) is 0.118. The topological polar surface area (TPSA) is 91.0 Å². The molecule has 3 unspecified atom stereocenters. The van der Waals surface area contributed by atoms with Crippen LogP contribution in [0.15, 0.2) is 0 Å². The molecule has 0 radical (unpaired) electrons. The van der Waals surface area contributed by atoms with E-state index in [9.17, 15) is 4.79 Å². The molecule has 0 fully saturated rings. The van der Waals surface area contributed by atoms with Gasteiger partial charge in [-0.15, -0.1) is 0 Å². The highest BCUT2D eigenvalue weighted by atomic mass is 16.8. The van der Waals surface area contributed by atoms with Crippen LogP contribution in [0.4, 0.5) is 0 Å². The Labute approximate surface area is 82.9 Å². The average Bonchev–Trinajstić information content (AvgIpc) is 1.98. The molecule has 6 nitrogen and oxygen atoms in total. The second kappa shape index (κ2) is 6.72. The molecule has 0 aromatic carbocycles. The Hall–Kier alpha value is -0.690. The van der Waals surface area contributed by atoms with Crippen LogP contribution in [-0.2, 0) is 19.0 Å². The van der Waals surface area contributed by atoms with E-state index in [0.717, 1.165) is 0 Å². The summed E-state index contributed by atoms with van der Waals surface area (Å²) in [5.41, 5.74) is 5.35. The lowest BCUT2D eigenvalue weighted by molar-refractivity contribution is -0.242. The highest BCUT2D eigenvalue weighted by Crippen LogP contribution is 2.02. The third-order valence-electron chi connectivity index (χ3n) is 1.23.